The molecule has 1 amide bonds. The number of ether oxygens (including phenoxy) is 1. The van der Waals surface area contributed by atoms with Gasteiger partial charge in [0.1, 0.15) is 5.75 Å². The lowest BCUT2D eigenvalue weighted by Gasteiger charge is -2.35. The Bertz CT molecular complexity index is 528. The zero-order valence-corrected chi connectivity index (χ0v) is 14.9. The average Bonchev–Trinajstić information content (AvgIpc) is 2.74. The molecule has 5 heteroatoms. The monoisotopic (exact) mass is 319 g/mol. The Morgan fingerprint density at radius 1 is 1.39 bits per heavy atom. The van der Waals surface area contributed by atoms with Crippen LogP contribution in [0.3, 0.4) is 0 Å². The Hall–Kier alpha value is -1.59. The van der Waals surface area contributed by atoms with Gasteiger partial charge in [-0.1, -0.05) is 0 Å². The first-order valence-electron chi connectivity index (χ1n) is 8.16. The molecule has 2 rings (SSSR count). The highest BCUT2D eigenvalue weighted by molar-refractivity contribution is 5.92. The maximum absolute atomic E-state index is 12.2. The maximum Gasteiger partial charge on any atom is 0.238 e. The Labute approximate surface area is 139 Å². The van der Waals surface area contributed by atoms with E-state index in [9.17, 15) is 4.79 Å². The highest BCUT2D eigenvalue weighted by Gasteiger charge is 2.39. The third-order valence-corrected chi connectivity index (χ3v) is 5.12. The van der Waals surface area contributed by atoms with Crippen LogP contribution in [0.15, 0.2) is 24.3 Å². The summed E-state index contributed by atoms with van der Waals surface area (Å²) in [7, 11) is 5.82. The van der Waals surface area contributed by atoms with Crippen LogP contribution in [-0.4, -0.2) is 62.1 Å². The average molecular weight is 319 g/mol. The van der Waals surface area contributed by atoms with Crippen LogP contribution in [-0.2, 0) is 4.79 Å². The predicted molar refractivity (Wildman–Crippen MR) is 93.9 cm³/mol. The Kier molecular flexibility index (Phi) is 5.65. The summed E-state index contributed by atoms with van der Waals surface area (Å²) < 4.78 is 5.12. The fraction of sp³-hybridized carbons (Fsp3) is 0.611. The molecule has 1 aromatic rings. The highest BCUT2D eigenvalue weighted by Crippen LogP contribution is 2.33. The van der Waals surface area contributed by atoms with Crippen molar-refractivity contribution in [2.24, 2.45) is 5.92 Å². The number of benzene rings is 1. The normalized spacial score (nSPS) is 20.7. The summed E-state index contributed by atoms with van der Waals surface area (Å²) in [6.07, 6.45) is 1.19. The second-order valence-electron chi connectivity index (χ2n) is 7.03. The van der Waals surface area contributed by atoms with Crippen LogP contribution in [0.25, 0.3) is 0 Å². The first-order valence-corrected chi connectivity index (χ1v) is 8.16. The van der Waals surface area contributed by atoms with E-state index in [0.29, 0.717) is 12.5 Å². The van der Waals surface area contributed by atoms with Gasteiger partial charge in [-0.3, -0.25) is 9.69 Å². The molecule has 0 aromatic heterocycles. The summed E-state index contributed by atoms with van der Waals surface area (Å²) in [4.78, 5) is 16.7. The van der Waals surface area contributed by atoms with E-state index in [1.807, 2.05) is 31.3 Å². The first kappa shape index (κ1) is 17.8. The van der Waals surface area contributed by atoms with Gasteiger partial charge >= 0.3 is 0 Å². The quantitative estimate of drug-likeness (QED) is 0.874. The fourth-order valence-corrected chi connectivity index (χ4v) is 3.18. The molecule has 1 saturated heterocycles. The van der Waals surface area contributed by atoms with Crippen LogP contribution in [0.2, 0.25) is 0 Å². The van der Waals surface area contributed by atoms with Gasteiger partial charge in [0.15, 0.2) is 0 Å². The fourth-order valence-electron chi connectivity index (χ4n) is 3.18. The molecule has 0 bridgehead atoms. The molecule has 0 saturated carbocycles. The van der Waals surface area contributed by atoms with Crippen molar-refractivity contribution in [1.82, 2.24) is 9.80 Å². The minimum atomic E-state index is 0.0156. The molecule has 1 heterocycles. The van der Waals surface area contributed by atoms with E-state index in [2.05, 4.69) is 36.0 Å². The van der Waals surface area contributed by atoms with Gasteiger partial charge in [-0.2, -0.15) is 0 Å². The third-order valence-electron chi connectivity index (χ3n) is 5.12. The minimum absolute atomic E-state index is 0.0156. The van der Waals surface area contributed by atoms with Gasteiger partial charge in [-0.05, 0) is 71.1 Å². The van der Waals surface area contributed by atoms with E-state index in [-0.39, 0.29) is 11.4 Å². The molecule has 1 fully saturated rings. The van der Waals surface area contributed by atoms with Crippen LogP contribution in [0.1, 0.15) is 20.3 Å². The Morgan fingerprint density at radius 3 is 2.57 bits per heavy atom. The van der Waals surface area contributed by atoms with E-state index in [4.69, 9.17) is 4.74 Å². The number of hydrogen-bond acceptors (Lipinski definition) is 4. The first-order chi connectivity index (χ1) is 10.8. The van der Waals surface area contributed by atoms with E-state index in [1.54, 1.807) is 7.11 Å². The molecule has 1 atom stereocenters. The van der Waals surface area contributed by atoms with Gasteiger partial charge in [-0.15, -0.1) is 0 Å². The van der Waals surface area contributed by atoms with E-state index < -0.39 is 0 Å². The van der Waals surface area contributed by atoms with Crippen molar-refractivity contribution in [3.05, 3.63) is 24.3 Å². The lowest BCUT2D eigenvalue weighted by Crippen LogP contribution is -2.44. The maximum atomic E-state index is 12.2. The lowest BCUT2D eigenvalue weighted by molar-refractivity contribution is -0.117. The SMILES string of the molecule is COc1ccc(NC(=O)CN(C)C[C@H]2CCN(C)C2(C)C)cc1. The zero-order valence-electron chi connectivity index (χ0n) is 14.9. The second kappa shape index (κ2) is 7.32. The van der Waals surface area contributed by atoms with Gasteiger partial charge in [0.05, 0.1) is 13.7 Å². The van der Waals surface area contributed by atoms with Gasteiger partial charge in [0.2, 0.25) is 5.91 Å². The van der Waals surface area contributed by atoms with Crippen molar-refractivity contribution in [3.63, 3.8) is 0 Å². The van der Waals surface area contributed by atoms with Crippen molar-refractivity contribution >= 4 is 11.6 Å². The van der Waals surface area contributed by atoms with Crippen LogP contribution in [0, 0.1) is 5.92 Å². The number of likely N-dealkylation sites (N-methyl/N-ethyl adjacent to an activating group) is 1. The Balaban J connectivity index is 1.82. The summed E-state index contributed by atoms with van der Waals surface area (Å²) in [5.74, 6) is 1.39. The molecular weight excluding hydrogens is 290 g/mol. The van der Waals surface area contributed by atoms with E-state index in [0.717, 1.165) is 24.5 Å². The standard InChI is InChI=1S/C18H29N3O2/c1-18(2)14(10-11-21(18)4)12-20(3)13-17(22)19-15-6-8-16(23-5)9-7-15/h6-9,14H,10-13H2,1-5H3,(H,19,22)/t14-/m1/s1. The van der Waals surface area contributed by atoms with Gasteiger partial charge in [0, 0.05) is 17.8 Å². The molecule has 1 aliphatic rings. The summed E-state index contributed by atoms with van der Waals surface area (Å²) in [5.41, 5.74) is 0.992. The van der Waals surface area contributed by atoms with Gasteiger partial charge < -0.3 is 15.0 Å². The predicted octanol–water partition coefficient (Wildman–Crippen LogP) is 2.30. The molecule has 1 N–H and O–H groups in total. The van der Waals surface area contributed by atoms with Crippen LogP contribution in [0.4, 0.5) is 5.69 Å². The van der Waals surface area contributed by atoms with Crippen molar-refractivity contribution in [1.29, 1.82) is 0 Å². The number of likely N-dealkylation sites (tertiary alicyclic amines) is 1. The molecular formula is C18H29N3O2. The molecule has 0 unspecified atom stereocenters. The summed E-state index contributed by atoms with van der Waals surface area (Å²) in [6.45, 7) is 7.05. The van der Waals surface area contributed by atoms with Crippen molar-refractivity contribution in [2.75, 3.05) is 46.2 Å². The highest BCUT2D eigenvalue weighted by atomic mass is 16.5. The molecule has 23 heavy (non-hydrogen) atoms. The van der Waals surface area contributed by atoms with Crippen LogP contribution in [0.5, 0.6) is 5.75 Å². The molecule has 0 radical (unpaired) electrons. The number of carbonyl (C=O) groups excluding carboxylic acids is 1. The smallest absolute Gasteiger partial charge is 0.238 e. The lowest BCUT2D eigenvalue weighted by atomic mass is 9.88. The number of carbonyl (C=O) groups is 1. The Morgan fingerprint density at radius 2 is 2.04 bits per heavy atom. The number of nitrogens with one attached hydrogen (secondary N) is 1. The van der Waals surface area contributed by atoms with Crippen LogP contribution < -0.4 is 10.1 Å². The summed E-state index contributed by atoms with van der Waals surface area (Å²) in [6, 6.07) is 7.39. The van der Waals surface area contributed by atoms with E-state index >= 15 is 0 Å². The molecule has 0 aliphatic carbocycles. The number of methoxy groups -OCH3 is 1. The number of anilines is 1. The zero-order chi connectivity index (χ0) is 17.0. The van der Waals surface area contributed by atoms with Crippen molar-refractivity contribution in [3.8, 4) is 5.75 Å². The molecule has 0 spiro atoms. The van der Waals surface area contributed by atoms with Gasteiger partial charge in [0.25, 0.3) is 0 Å². The molecule has 1 aromatic carbocycles. The number of nitrogens with zero attached hydrogens (tertiary/aromatic N) is 2. The van der Waals surface area contributed by atoms with Crippen LogP contribution >= 0.6 is 0 Å². The minimum Gasteiger partial charge on any atom is -0.497 e. The number of rotatable bonds is 6. The van der Waals surface area contributed by atoms with E-state index in [1.165, 1.54) is 6.42 Å². The summed E-state index contributed by atoms with van der Waals surface area (Å²) in [5, 5.41) is 2.93. The summed E-state index contributed by atoms with van der Waals surface area (Å²) >= 11 is 0. The molecule has 1 aliphatic heterocycles. The second-order valence-corrected chi connectivity index (χ2v) is 7.03. The third kappa shape index (κ3) is 4.45. The van der Waals surface area contributed by atoms with Crippen molar-refractivity contribution in [2.45, 2.75) is 25.8 Å². The van der Waals surface area contributed by atoms with Gasteiger partial charge in [-0.25, -0.2) is 0 Å². The number of hydrogen-bond donors (Lipinski definition) is 1. The number of amides is 1. The molecule has 5 nitrogen and oxygen atoms in total. The topological polar surface area (TPSA) is 44.8 Å². The largest absolute Gasteiger partial charge is 0.497 e. The molecule has 128 valence electrons. The van der Waals surface area contributed by atoms with Crippen molar-refractivity contribution < 1.29 is 9.53 Å².